The van der Waals surface area contributed by atoms with E-state index >= 15 is 0 Å². The average molecular weight is 242 g/mol. The third-order valence-electron chi connectivity index (χ3n) is 3.12. The fourth-order valence-corrected chi connectivity index (χ4v) is 2.24. The van der Waals surface area contributed by atoms with Crippen molar-refractivity contribution in [3.63, 3.8) is 0 Å². The highest BCUT2D eigenvalue weighted by molar-refractivity contribution is 6.09. The Hall–Kier alpha value is -2.10. The molecule has 0 unspecified atom stereocenters. The largest absolute Gasteiger partial charge is 0.493 e. The third kappa shape index (κ3) is 1.79. The molecule has 4 nitrogen and oxygen atoms in total. The number of nitrogens with zero attached hydrogens (tertiary/aromatic N) is 2. The van der Waals surface area contributed by atoms with E-state index in [2.05, 4.69) is 5.10 Å². The van der Waals surface area contributed by atoms with Gasteiger partial charge in [0, 0.05) is 13.2 Å². The van der Waals surface area contributed by atoms with Crippen LogP contribution in [-0.2, 0) is 13.5 Å². The summed E-state index contributed by atoms with van der Waals surface area (Å²) in [7, 11) is 1.80. The summed E-state index contributed by atoms with van der Waals surface area (Å²) >= 11 is 0. The molecular weight excluding hydrogens is 228 g/mol. The van der Waals surface area contributed by atoms with Crippen molar-refractivity contribution in [3.8, 4) is 5.75 Å². The molecule has 4 heteroatoms. The topological polar surface area (TPSA) is 44.1 Å². The minimum absolute atomic E-state index is 0.0747. The third-order valence-corrected chi connectivity index (χ3v) is 3.12. The molecule has 0 saturated heterocycles. The lowest BCUT2D eigenvalue weighted by Crippen LogP contribution is -2.13. The number of aryl methyl sites for hydroxylation is 2. The average Bonchev–Trinajstić information content (AvgIpc) is 2.84. The number of carbonyl (C=O) groups is 1. The summed E-state index contributed by atoms with van der Waals surface area (Å²) in [5, 5.41) is 4.15. The number of para-hydroxylation sites is 1. The van der Waals surface area contributed by atoms with Gasteiger partial charge in [-0.3, -0.25) is 9.48 Å². The monoisotopic (exact) mass is 242 g/mol. The predicted molar refractivity (Wildman–Crippen MR) is 66.9 cm³/mol. The zero-order valence-electron chi connectivity index (χ0n) is 10.2. The number of ketones is 1. The Morgan fingerprint density at radius 3 is 3.06 bits per heavy atom. The lowest BCUT2D eigenvalue weighted by Gasteiger charge is -2.19. The highest BCUT2D eigenvalue weighted by Gasteiger charge is 2.21. The van der Waals surface area contributed by atoms with Crippen LogP contribution in [-0.4, -0.2) is 22.2 Å². The molecule has 92 valence electrons. The molecule has 18 heavy (non-hydrogen) atoms. The normalized spacial score (nSPS) is 13.8. The fourth-order valence-electron chi connectivity index (χ4n) is 2.24. The summed E-state index contributed by atoms with van der Waals surface area (Å²) in [4.78, 5) is 12.4. The van der Waals surface area contributed by atoms with Crippen LogP contribution in [0.15, 0.2) is 30.5 Å². The van der Waals surface area contributed by atoms with Crippen LogP contribution in [0.2, 0.25) is 0 Å². The van der Waals surface area contributed by atoms with Gasteiger partial charge in [-0.05, 0) is 30.5 Å². The van der Waals surface area contributed by atoms with Crippen molar-refractivity contribution in [2.24, 2.45) is 7.05 Å². The first-order valence-corrected chi connectivity index (χ1v) is 6.05. The van der Waals surface area contributed by atoms with Crippen LogP contribution in [0, 0.1) is 0 Å². The molecule has 2 aromatic rings. The van der Waals surface area contributed by atoms with Gasteiger partial charge in [-0.2, -0.15) is 5.10 Å². The van der Waals surface area contributed by atoms with Crippen molar-refractivity contribution in [1.29, 1.82) is 0 Å². The highest BCUT2D eigenvalue weighted by Crippen LogP contribution is 2.30. The summed E-state index contributed by atoms with van der Waals surface area (Å²) in [5.74, 6) is 0.661. The number of hydrogen-bond donors (Lipinski definition) is 0. The molecule has 1 aliphatic rings. The van der Waals surface area contributed by atoms with E-state index in [9.17, 15) is 4.79 Å². The minimum atomic E-state index is -0.0747. The van der Waals surface area contributed by atoms with Gasteiger partial charge in [0.2, 0.25) is 5.78 Å². The van der Waals surface area contributed by atoms with E-state index in [-0.39, 0.29) is 5.78 Å². The van der Waals surface area contributed by atoms with E-state index in [1.165, 1.54) is 0 Å². The van der Waals surface area contributed by atoms with E-state index in [1.807, 2.05) is 12.1 Å². The van der Waals surface area contributed by atoms with E-state index in [1.54, 1.807) is 30.1 Å². The van der Waals surface area contributed by atoms with Crippen LogP contribution in [0.1, 0.15) is 28.0 Å². The van der Waals surface area contributed by atoms with Gasteiger partial charge in [-0.15, -0.1) is 0 Å². The van der Waals surface area contributed by atoms with E-state index in [4.69, 9.17) is 4.74 Å². The van der Waals surface area contributed by atoms with Crippen molar-refractivity contribution in [1.82, 2.24) is 9.78 Å². The Balaban J connectivity index is 2.04. The van der Waals surface area contributed by atoms with E-state index < -0.39 is 0 Å². The molecule has 0 radical (unpaired) electrons. The van der Waals surface area contributed by atoms with E-state index in [0.717, 1.165) is 24.2 Å². The molecule has 0 spiro atoms. The summed E-state index contributed by atoms with van der Waals surface area (Å²) < 4.78 is 7.28. The molecule has 3 rings (SSSR count). The van der Waals surface area contributed by atoms with Gasteiger partial charge in [-0.1, -0.05) is 12.1 Å². The van der Waals surface area contributed by atoms with Crippen LogP contribution >= 0.6 is 0 Å². The van der Waals surface area contributed by atoms with Crippen LogP contribution in [0.25, 0.3) is 0 Å². The van der Waals surface area contributed by atoms with Crippen molar-refractivity contribution in [2.75, 3.05) is 6.61 Å². The van der Waals surface area contributed by atoms with Crippen molar-refractivity contribution in [3.05, 3.63) is 47.3 Å². The molecule has 0 fully saturated rings. The number of aromatic nitrogens is 2. The molecular formula is C14H14N2O2. The van der Waals surface area contributed by atoms with Crippen LogP contribution in [0.5, 0.6) is 5.75 Å². The molecule has 2 heterocycles. The highest BCUT2D eigenvalue weighted by atomic mass is 16.5. The number of fused-ring (bicyclic) bond motifs is 1. The number of hydrogen-bond acceptors (Lipinski definition) is 3. The maximum absolute atomic E-state index is 12.4. The first-order valence-electron chi connectivity index (χ1n) is 6.05. The molecule has 1 aliphatic heterocycles. The van der Waals surface area contributed by atoms with Crippen LogP contribution in [0.3, 0.4) is 0 Å². The lowest BCUT2D eigenvalue weighted by molar-refractivity contribution is 0.102. The maximum Gasteiger partial charge on any atom is 0.216 e. The zero-order valence-corrected chi connectivity index (χ0v) is 10.2. The standard InChI is InChI=1S/C14H14N2O2/c1-16-8-7-12(15-16)13(17)11-6-2-4-10-5-3-9-18-14(10)11/h2,4,6-8H,3,5,9H2,1H3. The van der Waals surface area contributed by atoms with Crippen LogP contribution < -0.4 is 4.74 Å². The van der Waals surface area contributed by atoms with Gasteiger partial charge < -0.3 is 4.74 Å². The second-order valence-corrected chi connectivity index (χ2v) is 4.45. The van der Waals surface area contributed by atoms with Crippen molar-refractivity contribution < 1.29 is 9.53 Å². The van der Waals surface area contributed by atoms with Gasteiger partial charge >= 0.3 is 0 Å². The maximum atomic E-state index is 12.4. The molecule has 0 atom stereocenters. The summed E-state index contributed by atoms with van der Waals surface area (Å²) in [6, 6.07) is 7.46. The Labute approximate surface area is 105 Å². The molecule has 1 aromatic heterocycles. The summed E-state index contributed by atoms with van der Waals surface area (Å²) in [6.45, 7) is 0.680. The van der Waals surface area contributed by atoms with Crippen molar-refractivity contribution in [2.45, 2.75) is 12.8 Å². The quantitative estimate of drug-likeness (QED) is 0.756. The van der Waals surface area contributed by atoms with E-state index in [0.29, 0.717) is 17.9 Å². The lowest BCUT2D eigenvalue weighted by atomic mass is 9.99. The molecule has 1 aromatic carbocycles. The molecule has 0 amide bonds. The number of carbonyl (C=O) groups excluding carboxylic acids is 1. The Kier molecular flexibility index (Phi) is 2.63. The number of rotatable bonds is 2. The summed E-state index contributed by atoms with van der Waals surface area (Å²) in [5.41, 5.74) is 2.19. The van der Waals surface area contributed by atoms with Gasteiger partial charge in [0.15, 0.2) is 0 Å². The Bertz CT molecular complexity index is 602. The number of benzene rings is 1. The summed E-state index contributed by atoms with van der Waals surface area (Å²) in [6.07, 6.45) is 3.75. The molecule has 0 aliphatic carbocycles. The first kappa shape index (κ1) is 11.0. The smallest absolute Gasteiger partial charge is 0.216 e. The predicted octanol–water partition coefficient (Wildman–Crippen LogP) is 1.98. The molecule has 0 saturated carbocycles. The number of ether oxygens (including phenoxy) is 1. The first-order chi connectivity index (χ1) is 8.75. The van der Waals surface area contributed by atoms with Gasteiger partial charge in [0.25, 0.3) is 0 Å². The second kappa shape index (κ2) is 4.29. The molecule has 0 bridgehead atoms. The second-order valence-electron chi connectivity index (χ2n) is 4.45. The molecule has 0 N–H and O–H groups in total. The van der Waals surface area contributed by atoms with Crippen LogP contribution in [0.4, 0.5) is 0 Å². The van der Waals surface area contributed by atoms with Gasteiger partial charge in [0.1, 0.15) is 11.4 Å². The Morgan fingerprint density at radius 2 is 2.28 bits per heavy atom. The Morgan fingerprint density at radius 1 is 1.39 bits per heavy atom. The van der Waals surface area contributed by atoms with Crippen molar-refractivity contribution >= 4 is 5.78 Å². The SMILES string of the molecule is Cn1ccc(C(=O)c2cccc3c2OCCC3)n1. The van der Waals surface area contributed by atoms with Gasteiger partial charge in [0.05, 0.1) is 12.2 Å². The fraction of sp³-hybridized carbons (Fsp3) is 0.286. The minimum Gasteiger partial charge on any atom is -0.493 e. The zero-order chi connectivity index (χ0) is 12.5. The van der Waals surface area contributed by atoms with Gasteiger partial charge in [-0.25, -0.2) is 0 Å².